The summed E-state index contributed by atoms with van der Waals surface area (Å²) in [6, 6.07) is 11.3. The Morgan fingerprint density at radius 3 is 2.59 bits per heavy atom. The molecule has 5 heterocycles. The molecule has 2 aromatic carbocycles. The predicted molar refractivity (Wildman–Crippen MR) is 140 cm³/mol. The van der Waals surface area contributed by atoms with Crippen LogP contribution in [0.2, 0.25) is 0 Å². The number of carbonyl (C=O) groups excluding carboxylic acids is 2. The molecular weight excluding hydrogens is 498 g/mol. The lowest BCUT2D eigenvalue weighted by Gasteiger charge is -2.44. The highest BCUT2D eigenvalue weighted by molar-refractivity contribution is 6.01. The fourth-order valence-electron chi connectivity index (χ4n) is 5.87. The molecule has 4 aromatic rings. The summed E-state index contributed by atoms with van der Waals surface area (Å²) in [5, 5.41) is 20.8. The van der Waals surface area contributed by atoms with Crippen LogP contribution in [0.25, 0.3) is 22.8 Å². The molecule has 3 aliphatic heterocycles. The zero-order valence-electron chi connectivity index (χ0n) is 21.3. The van der Waals surface area contributed by atoms with Crippen molar-refractivity contribution in [1.82, 2.24) is 40.7 Å². The average Bonchev–Trinajstić information content (AvgIpc) is 3.77. The summed E-state index contributed by atoms with van der Waals surface area (Å²) >= 11 is 0. The number of H-pyrrole nitrogens is 2. The Bertz CT molecular complexity index is 1520. The van der Waals surface area contributed by atoms with Gasteiger partial charge in [-0.05, 0) is 59.7 Å². The molecule has 198 valence electrons. The second-order valence-corrected chi connectivity index (χ2v) is 10.4. The average molecular weight is 526 g/mol. The summed E-state index contributed by atoms with van der Waals surface area (Å²) in [4.78, 5) is 35.4. The van der Waals surface area contributed by atoms with E-state index in [9.17, 15) is 9.59 Å². The van der Waals surface area contributed by atoms with Crippen LogP contribution in [0.5, 0.6) is 5.75 Å². The van der Waals surface area contributed by atoms with Crippen molar-refractivity contribution in [2.75, 3.05) is 31.1 Å². The number of Topliss-reactive ketones (excluding diaryl/α,β-unsaturated/α-hetero) is 1. The number of hydrogen-bond donors (Lipinski definition) is 2. The maximum Gasteiger partial charge on any atom is 0.253 e. The van der Waals surface area contributed by atoms with Crippen molar-refractivity contribution < 1.29 is 14.3 Å². The molecule has 12 nitrogen and oxygen atoms in total. The quantitative estimate of drug-likeness (QED) is 0.411. The highest BCUT2D eigenvalue weighted by Gasteiger charge is 2.44. The first-order chi connectivity index (χ1) is 19.1. The molecule has 0 atom stereocenters. The summed E-state index contributed by atoms with van der Waals surface area (Å²) in [6.45, 7) is 2.96. The van der Waals surface area contributed by atoms with Crippen LogP contribution in [0.15, 0.2) is 42.7 Å². The van der Waals surface area contributed by atoms with Crippen molar-refractivity contribution in [3.05, 3.63) is 53.9 Å². The Kier molecular flexibility index (Phi) is 5.60. The van der Waals surface area contributed by atoms with E-state index in [2.05, 4.69) is 46.8 Å². The molecule has 3 aliphatic rings. The Hall–Kier alpha value is -4.61. The lowest BCUT2D eigenvalue weighted by Crippen LogP contribution is -2.52. The number of piperidine rings is 1. The van der Waals surface area contributed by atoms with Gasteiger partial charge < -0.3 is 14.5 Å². The van der Waals surface area contributed by atoms with Gasteiger partial charge >= 0.3 is 0 Å². The molecule has 2 saturated heterocycles. The number of nitrogens with zero attached hydrogens (tertiary/aromatic N) is 7. The number of ether oxygens (including phenoxy) is 1. The van der Waals surface area contributed by atoms with Gasteiger partial charge in [-0.1, -0.05) is 0 Å². The third kappa shape index (κ3) is 4.31. The third-order valence-corrected chi connectivity index (χ3v) is 7.98. The Morgan fingerprint density at radius 1 is 1.00 bits per heavy atom. The lowest BCUT2D eigenvalue weighted by atomic mass is 9.82. The van der Waals surface area contributed by atoms with E-state index in [0.717, 1.165) is 42.7 Å². The van der Waals surface area contributed by atoms with Crippen molar-refractivity contribution in [1.29, 1.82) is 0 Å². The maximum absolute atomic E-state index is 13.7. The van der Waals surface area contributed by atoms with E-state index in [-0.39, 0.29) is 18.1 Å². The molecular formula is C27H27N9O3. The molecule has 1 amide bonds. The van der Waals surface area contributed by atoms with Crippen molar-refractivity contribution in [2.24, 2.45) is 0 Å². The van der Waals surface area contributed by atoms with Gasteiger partial charge in [0.2, 0.25) is 0 Å². The highest BCUT2D eigenvalue weighted by atomic mass is 16.5. The minimum atomic E-state index is -0.613. The molecule has 2 N–H and O–H groups in total. The largest absolute Gasteiger partial charge is 0.486 e. The summed E-state index contributed by atoms with van der Waals surface area (Å²) in [5.74, 6) is 1.63. The smallest absolute Gasteiger partial charge is 0.253 e. The molecule has 0 unspecified atom stereocenters. The first-order valence-electron chi connectivity index (χ1n) is 13.2. The van der Waals surface area contributed by atoms with Gasteiger partial charge in [0.25, 0.3) is 5.91 Å². The number of aromatic amines is 2. The van der Waals surface area contributed by atoms with Gasteiger partial charge in [-0.15, -0.1) is 5.10 Å². The standard InChI is InChI=1S/C27H27N9O3/c37-22-15-27(39-23-4-3-17(14-21(22)23)25-31-33-34-32-25)5-9-36(10-6-27)26(38)19-11-18(24-28-16-29-30-24)12-20(13-19)35-7-1-2-8-35/h3-4,11-14,16H,1-2,5-10,15H2,(H,28,29,30)(H,31,32,33,34). The topological polar surface area (TPSA) is 146 Å². The van der Waals surface area contributed by atoms with E-state index < -0.39 is 5.60 Å². The van der Waals surface area contributed by atoms with Crippen LogP contribution < -0.4 is 9.64 Å². The first kappa shape index (κ1) is 23.5. The number of carbonyl (C=O) groups is 2. The number of amides is 1. The van der Waals surface area contributed by atoms with Crippen molar-refractivity contribution >= 4 is 17.4 Å². The number of rotatable bonds is 4. The summed E-state index contributed by atoms with van der Waals surface area (Å²) < 4.78 is 6.44. The summed E-state index contributed by atoms with van der Waals surface area (Å²) in [6.07, 6.45) is 5.26. The first-order valence-corrected chi connectivity index (χ1v) is 13.2. The number of aromatic nitrogens is 7. The minimum absolute atomic E-state index is 0.0276. The van der Waals surface area contributed by atoms with E-state index in [1.807, 2.05) is 23.1 Å². The van der Waals surface area contributed by atoms with E-state index >= 15 is 0 Å². The molecule has 7 rings (SSSR count). The molecule has 39 heavy (non-hydrogen) atoms. The Labute approximate surface area is 223 Å². The van der Waals surface area contributed by atoms with Crippen LogP contribution in [0.4, 0.5) is 5.69 Å². The maximum atomic E-state index is 13.7. The number of tetrazole rings is 1. The minimum Gasteiger partial charge on any atom is -0.486 e. The van der Waals surface area contributed by atoms with Gasteiger partial charge in [-0.2, -0.15) is 5.10 Å². The number of hydrogen-bond acceptors (Lipinski definition) is 9. The van der Waals surface area contributed by atoms with Crippen molar-refractivity contribution in [2.45, 2.75) is 37.7 Å². The zero-order valence-corrected chi connectivity index (χ0v) is 21.3. The molecule has 2 aromatic heterocycles. The monoisotopic (exact) mass is 525 g/mol. The molecule has 0 bridgehead atoms. The van der Waals surface area contributed by atoms with E-state index in [4.69, 9.17) is 4.74 Å². The van der Waals surface area contributed by atoms with E-state index in [0.29, 0.717) is 54.5 Å². The molecule has 0 radical (unpaired) electrons. The number of benzene rings is 2. The van der Waals surface area contributed by atoms with Crippen LogP contribution >= 0.6 is 0 Å². The van der Waals surface area contributed by atoms with E-state index in [1.165, 1.54) is 0 Å². The van der Waals surface area contributed by atoms with Crippen LogP contribution in [0.3, 0.4) is 0 Å². The predicted octanol–water partition coefficient (Wildman–Crippen LogP) is 2.89. The normalized spacial score (nSPS) is 18.3. The van der Waals surface area contributed by atoms with Crippen molar-refractivity contribution in [3.8, 4) is 28.5 Å². The Morgan fingerprint density at radius 2 is 1.85 bits per heavy atom. The number of likely N-dealkylation sites (tertiary alicyclic amines) is 1. The van der Waals surface area contributed by atoms with Gasteiger partial charge in [0.15, 0.2) is 17.4 Å². The van der Waals surface area contributed by atoms with Gasteiger partial charge in [-0.3, -0.25) is 14.7 Å². The number of anilines is 1. The Balaban J connectivity index is 1.09. The highest BCUT2D eigenvalue weighted by Crippen LogP contribution is 2.41. The van der Waals surface area contributed by atoms with E-state index in [1.54, 1.807) is 18.5 Å². The zero-order chi connectivity index (χ0) is 26.4. The molecule has 0 aliphatic carbocycles. The second-order valence-electron chi connectivity index (χ2n) is 10.4. The van der Waals surface area contributed by atoms with Gasteiger partial charge in [0.1, 0.15) is 17.7 Å². The fraction of sp³-hybridized carbons (Fsp3) is 0.370. The van der Waals surface area contributed by atoms with Crippen LogP contribution in [0, 0.1) is 0 Å². The fourth-order valence-corrected chi connectivity index (χ4v) is 5.87. The second kappa shape index (κ2) is 9.29. The van der Waals surface area contributed by atoms with Crippen LogP contribution in [-0.2, 0) is 0 Å². The van der Waals surface area contributed by atoms with Gasteiger partial charge in [-0.25, -0.2) is 10.1 Å². The third-order valence-electron chi connectivity index (χ3n) is 7.98. The molecule has 2 fully saturated rings. The molecule has 0 saturated carbocycles. The molecule has 12 heteroatoms. The SMILES string of the molecule is O=C1CC2(CCN(C(=O)c3cc(-c4nc[nH]n4)cc(N4CCCC4)c3)CC2)Oc2ccc(-c3nnn[nH]3)cc21. The summed E-state index contributed by atoms with van der Waals surface area (Å²) in [7, 11) is 0. The number of nitrogens with one attached hydrogen (secondary N) is 2. The van der Waals surface area contributed by atoms with Crippen LogP contribution in [-0.4, -0.2) is 84.2 Å². The number of fused-ring (bicyclic) bond motifs is 1. The van der Waals surface area contributed by atoms with Gasteiger partial charge in [0.05, 0.1) is 12.0 Å². The van der Waals surface area contributed by atoms with Crippen molar-refractivity contribution in [3.63, 3.8) is 0 Å². The summed E-state index contributed by atoms with van der Waals surface area (Å²) in [5.41, 5.74) is 3.10. The van der Waals surface area contributed by atoms with Gasteiger partial charge in [0, 0.05) is 61.4 Å². The lowest BCUT2D eigenvalue weighted by molar-refractivity contribution is -0.00569. The van der Waals surface area contributed by atoms with Crippen LogP contribution in [0.1, 0.15) is 52.8 Å². The number of ketones is 1. The molecule has 1 spiro atoms.